The molecule has 1 aliphatic heterocycles. The van der Waals surface area contributed by atoms with E-state index < -0.39 is 5.91 Å². The smallest absolute Gasteiger partial charge is 0.257 e. The maximum atomic E-state index is 12.7. The van der Waals surface area contributed by atoms with Gasteiger partial charge in [-0.3, -0.25) is 14.5 Å². The summed E-state index contributed by atoms with van der Waals surface area (Å²) in [4.78, 5) is 28.2. The van der Waals surface area contributed by atoms with E-state index in [4.69, 9.17) is 17.3 Å². The number of primary amides is 1. The van der Waals surface area contributed by atoms with Gasteiger partial charge in [0.2, 0.25) is 0 Å². The maximum absolute atomic E-state index is 12.7. The van der Waals surface area contributed by atoms with Crippen LogP contribution >= 0.6 is 22.9 Å². The number of carbonyl (C=O) groups excluding carboxylic acids is 2. The molecule has 1 aromatic heterocycles. The fourth-order valence-corrected chi connectivity index (χ4v) is 5.11. The van der Waals surface area contributed by atoms with E-state index in [1.807, 2.05) is 18.2 Å². The molecule has 2 heterocycles. The Kier molecular flexibility index (Phi) is 5.67. The lowest BCUT2D eigenvalue weighted by molar-refractivity contribution is 0.0999. The number of carbonyl (C=O) groups is 2. The Bertz CT molecular complexity index is 1070. The summed E-state index contributed by atoms with van der Waals surface area (Å²) in [5.41, 5.74) is 8.64. The van der Waals surface area contributed by atoms with Crippen LogP contribution in [0, 0.1) is 0 Å². The van der Waals surface area contributed by atoms with Gasteiger partial charge in [-0.05, 0) is 29.7 Å². The summed E-state index contributed by atoms with van der Waals surface area (Å²) < 4.78 is 0. The van der Waals surface area contributed by atoms with Crippen molar-refractivity contribution in [3.8, 4) is 0 Å². The standard InChI is InChI=1S/C22H20ClN3O2S/c23-17-9-5-4-8-15(17)21(28)25-22-19(20(24)27)16-10-11-26(13-18(16)29-22)12-14-6-2-1-3-7-14/h1-9H,10-13H2,(H2,24,27)(H,25,28). The minimum atomic E-state index is -0.520. The molecule has 2 amide bonds. The molecule has 0 spiro atoms. The zero-order valence-electron chi connectivity index (χ0n) is 15.7. The molecule has 0 atom stereocenters. The Labute approximate surface area is 178 Å². The highest BCUT2D eigenvalue weighted by molar-refractivity contribution is 7.17. The molecule has 5 nitrogen and oxygen atoms in total. The average Bonchev–Trinajstić information content (AvgIpc) is 3.06. The minimum Gasteiger partial charge on any atom is -0.365 e. The van der Waals surface area contributed by atoms with Crippen molar-refractivity contribution < 1.29 is 9.59 Å². The third-order valence-electron chi connectivity index (χ3n) is 4.98. The van der Waals surface area contributed by atoms with Crippen molar-refractivity contribution in [2.24, 2.45) is 5.73 Å². The predicted molar refractivity (Wildman–Crippen MR) is 117 cm³/mol. The molecule has 0 fully saturated rings. The molecule has 3 N–H and O–H groups in total. The van der Waals surface area contributed by atoms with Gasteiger partial charge < -0.3 is 11.1 Å². The first-order chi connectivity index (χ1) is 14.0. The van der Waals surface area contributed by atoms with Crippen LogP contribution in [-0.2, 0) is 19.5 Å². The van der Waals surface area contributed by atoms with Gasteiger partial charge in [-0.2, -0.15) is 0 Å². The molecule has 148 valence electrons. The summed E-state index contributed by atoms with van der Waals surface area (Å²) >= 11 is 7.55. The molecule has 7 heteroatoms. The number of thiophene rings is 1. The first-order valence-electron chi connectivity index (χ1n) is 9.29. The molecule has 0 bridgehead atoms. The van der Waals surface area contributed by atoms with Crippen molar-refractivity contribution in [3.63, 3.8) is 0 Å². The van der Waals surface area contributed by atoms with E-state index in [-0.39, 0.29) is 5.91 Å². The van der Waals surface area contributed by atoms with Crippen molar-refractivity contribution in [2.45, 2.75) is 19.5 Å². The highest BCUT2D eigenvalue weighted by atomic mass is 35.5. The number of benzene rings is 2. The van der Waals surface area contributed by atoms with E-state index in [0.717, 1.165) is 36.5 Å². The normalized spacial score (nSPS) is 13.7. The molecule has 29 heavy (non-hydrogen) atoms. The van der Waals surface area contributed by atoms with Crippen LogP contribution in [0.5, 0.6) is 0 Å². The Balaban J connectivity index is 1.58. The van der Waals surface area contributed by atoms with E-state index in [1.165, 1.54) is 16.9 Å². The van der Waals surface area contributed by atoms with Gasteiger partial charge in [0.15, 0.2) is 0 Å². The molecular formula is C22H20ClN3O2S. The number of rotatable bonds is 5. The van der Waals surface area contributed by atoms with Crippen molar-refractivity contribution in [3.05, 3.63) is 86.8 Å². The predicted octanol–water partition coefficient (Wildman–Crippen LogP) is 4.31. The van der Waals surface area contributed by atoms with Gasteiger partial charge >= 0.3 is 0 Å². The van der Waals surface area contributed by atoms with Crippen LogP contribution in [0.4, 0.5) is 5.00 Å². The summed E-state index contributed by atoms with van der Waals surface area (Å²) in [5, 5.41) is 3.70. The van der Waals surface area contributed by atoms with Crippen LogP contribution < -0.4 is 11.1 Å². The van der Waals surface area contributed by atoms with Gasteiger partial charge in [-0.15, -0.1) is 11.3 Å². The molecule has 0 saturated heterocycles. The fraction of sp³-hybridized carbons (Fsp3) is 0.182. The lowest BCUT2D eigenvalue weighted by Gasteiger charge is -2.27. The SMILES string of the molecule is NC(=O)c1c(NC(=O)c2ccccc2Cl)sc2c1CCN(Cc1ccccc1)C2. The lowest BCUT2D eigenvalue weighted by Crippen LogP contribution is -2.30. The molecule has 0 saturated carbocycles. The number of nitrogens with one attached hydrogen (secondary N) is 1. The van der Waals surface area contributed by atoms with Gasteiger partial charge in [-0.25, -0.2) is 0 Å². The third kappa shape index (κ3) is 4.19. The number of halogens is 1. The third-order valence-corrected chi connectivity index (χ3v) is 6.44. The van der Waals surface area contributed by atoms with E-state index >= 15 is 0 Å². The highest BCUT2D eigenvalue weighted by Crippen LogP contribution is 2.37. The number of hydrogen-bond donors (Lipinski definition) is 2. The first-order valence-corrected chi connectivity index (χ1v) is 10.5. The number of anilines is 1. The second kappa shape index (κ2) is 8.37. The Hall–Kier alpha value is -2.67. The maximum Gasteiger partial charge on any atom is 0.257 e. The minimum absolute atomic E-state index is 0.349. The quantitative estimate of drug-likeness (QED) is 0.639. The molecule has 2 aromatic carbocycles. The summed E-state index contributed by atoms with van der Waals surface area (Å²) in [5.74, 6) is -0.869. The molecule has 0 unspecified atom stereocenters. The molecule has 0 aliphatic carbocycles. The average molecular weight is 426 g/mol. The van der Waals surface area contributed by atoms with Gasteiger partial charge in [0, 0.05) is 24.5 Å². The van der Waals surface area contributed by atoms with Crippen LogP contribution in [0.15, 0.2) is 54.6 Å². The number of amides is 2. The molecule has 1 aliphatic rings. The second-order valence-corrected chi connectivity index (χ2v) is 8.46. The highest BCUT2D eigenvalue weighted by Gasteiger charge is 2.28. The lowest BCUT2D eigenvalue weighted by atomic mass is 10.0. The molecular weight excluding hydrogens is 406 g/mol. The molecule has 4 rings (SSSR count). The van der Waals surface area contributed by atoms with Crippen LogP contribution in [0.25, 0.3) is 0 Å². The van der Waals surface area contributed by atoms with E-state index in [1.54, 1.807) is 24.3 Å². The number of nitrogens with two attached hydrogens (primary N) is 1. The van der Waals surface area contributed by atoms with E-state index in [2.05, 4.69) is 22.3 Å². The van der Waals surface area contributed by atoms with E-state index in [9.17, 15) is 9.59 Å². The summed E-state index contributed by atoms with van der Waals surface area (Å²) in [6, 6.07) is 17.1. The van der Waals surface area contributed by atoms with Crippen molar-refractivity contribution in [1.29, 1.82) is 0 Å². The van der Waals surface area contributed by atoms with Gasteiger partial charge in [0.1, 0.15) is 5.00 Å². The van der Waals surface area contributed by atoms with Gasteiger partial charge in [0.05, 0.1) is 16.1 Å². The van der Waals surface area contributed by atoms with Crippen molar-refractivity contribution in [2.75, 3.05) is 11.9 Å². The largest absolute Gasteiger partial charge is 0.365 e. The van der Waals surface area contributed by atoms with Gasteiger partial charge in [0.25, 0.3) is 11.8 Å². The zero-order chi connectivity index (χ0) is 20.4. The zero-order valence-corrected chi connectivity index (χ0v) is 17.2. The number of hydrogen-bond acceptors (Lipinski definition) is 4. The molecule has 3 aromatic rings. The van der Waals surface area contributed by atoms with Crippen LogP contribution in [0.3, 0.4) is 0 Å². The van der Waals surface area contributed by atoms with Gasteiger partial charge in [-0.1, -0.05) is 54.1 Å². The second-order valence-electron chi connectivity index (χ2n) is 6.95. The first kappa shape index (κ1) is 19.6. The van der Waals surface area contributed by atoms with E-state index in [0.29, 0.717) is 21.2 Å². The number of nitrogens with zero attached hydrogens (tertiary/aromatic N) is 1. The van der Waals surface area contributed by atoms with Crippen LogP contribution in [0.2, 0.25) is 5.02 Å². The molecule has 0 radical (unpaired) electrons. The Morgan fingerprint density at radius 3 is 2.55 bits per heavy atom. The topological polar surface area (TPSA) is 75.4 Å². The summed E-state index contributed by atoms with van der Waals surface area (Å²) in [7, 11) is 0. The fourth-order valence-electron chi connectivity index (χ4n) is 3.60. The number of fused-ring (bicyclic) bond motifs is 1. The summed E-state index contributed by atoms with van der Waals surface area (Å²) in [6.45, 7) is 2.39. The van der Waals surface area contributed by atoms with Crippen molar-refractivity contribution >= 4 is 39.8 Å². The van der Waals surface area contributed by atoms with Crippen LogP contribution in [0.1, 0.15) is 36.7 Å². The van der Waals surface area contributed by atoms with Crippen LogP contribution in [-0.4, -0.2) is 23.3 Å². The monoisotopic (exact) mass is 425 g/mol. The Morgan fingerprint density at radius 2 is 1.83 bits per heavy atom. The summed E-state index contributed by atoms with van der Waals surface area (Å²) in [6.07, 6.45) is 0.721. The van der Waals surface area contributed by atoms with Crippen molar-refractivity contribution in [1.82, 2.24) is 4.90 Å². The Morgan fingerprint density at radius 1 is 1.10 bits per heavy atom.